The molecule has 150 valence electrons. The lowest BCUT2D eigenvalue weighted by molar-refractivity contribution is 0.0730. The van der Waals surface area contributed by atoms with E-state index in [0.29, 0.717) is 32.0 Å². The van der Waals surface area contributed by atoms with Gasteiger partial charge < -0.3 is 9.72 Å². The number of aromatic amines is 1. The number of aryl methyl sites for hydroxylation is 2. The first-order valence-electron chi connectivity index (χ1n) is 8.98. The molecule has 0 saturated carbocycles. The fraction of sp³-hybridized carbons (Fsp3) is 0.368. The second-order valence-corrected chi connectivity index (χ2v) is 8.59. The number of sulfonamides is 1. The zero-order valence-corrected chi connectivity index (χ0v) is 17.0. The number of aromatic nitrogens is 1. The fourth-order valence-electron chi connectivity index (χ4n) is 3.20. The average Bonchev–Trinajstić information content (AvgIpc) is 3.05. The summed E-state index contributed by atoms with van der Waals surface area (Å²) in [4.78, 5) is 15.7. The number of morpholine rings is 1. The van der Waals surface area contributed by atoms with Crippen LogP contribution in [-0.4, -0.2) is 55.6 Å². The molecule has 1 fully saturated rings. The van der Waals surface area contributed by atoms with E-state index >= 15 is 0 Å². The van der Waals surface area contributed by atoms with E-state index in [4.69, 9.17) is 4.74 Å². The highest BCUT2D eigenvalue weighted by molar-refractivity contribution is 7.89. The number of carbonyl (C=O) groups excluding carboxylic acids is 1. The summed E-state index contributed by atoms with van der Waals surface area (Å²) < 4.78 is 32.1. The molecule has 1 amide bonds. The number of H-pyrrole nitrogens is 1. The van der Waals surface area contributed by atoms with E-state index < -0.39 is 15.9 Å². The Morgan fingerprint density at radius 2 is 1.96 bits per heavy atom. The summed E-state index contributed by atoms with van der Waals surface area (Å²) in [5.41, 5.74) is 6.35. The van der Waals surface area contributed by atoms with Gasteiger partial charge in [-0.3, -0.25) is 4.79 Å². The lowest BCUT2D eigenvalue weighted by atomic mass is 10.1. The van der Waals surface area contributed by atoms with Crippen molar-refractivity contribution in [2.24, 2.45) is 5.10 Å². The molecule has 8 nitrogen and oxygen atoms in total. The van der Waals surface area contributed by atoms with Crippen molar-refractivity contribution in [3.63, 3.8) is 0 Å². The molecule has 0 spiro atoms. The molecule has 2 aromatic rings. The van der Waals surface area contributed by atoms with Gasteiger partial charge in [-0.15, -0.1) is 0 Å². The van der Waals surface area contributed by atoms with Crippen LogP contribution in [0.25, 0.3) is 0 Å². The summed E-state index contributed by atoms with van der Waals surface area (Å²) in [6, 6.07) is 5.98. The summed E-state index contributed by atoms with van der Waals surface area (Å²) in [5, 5.41) is 4.17. The monoisotopic (exact) mass is 404 g/mol. The molecule has 2 heterocycles. The standard InChI is InChI=1S/C19H24N4O4S/c1-13-12-20-14(2)18(13)15(3)21-22-19(24)16-5-4-6-17(11-16)28(25,26)23-7-9-27-10-8-23/h4-6,11-12,20H,7-10H2,1-3H3,(H,22,24)/b21-15+. The van der Waals surface area contributed by atoms with Crippen LogP contribution in [0.1, 0.15) is 34.1 Å². The molecule has 0 aliphatic carbocycles. The van der Waals surface area contributed by atoms with Crippen molar-refractivity contribution in [2.75, 3.05) is 26.3 Å². The van der Waals surface area contributed by atoms with Crippen molar-refractivity contribution >= 4 is 21.6 Å². The van der Waals surface area contributed by atoms with Crippen LogP contribution < -0.4 is 5.43 Å². The first-order valence-corrected chi connectivity index (χ1v) is 10.4. The van der Waals surface area contributed by atoms with Gasteiger partial charge >= 0.3 is 0 Å². The van der Waals surface area contributed by atoms with Crippen molar-refractivity contribution in [3.05, 3.63) is 52.8 Å². The number of benzene rings is 1. The second kappa shape index (κ2) is 8.26. The van der Waals surface area contributed by atoms with E-state index in [2.05, 4.69) is 15.5 Å². The number of hydrazone groups is 1. The van der Waals surface area contributed by atoms with Crippen LogP contribution in [0, 0.1) is 13.8 Å². The van der Waals surface area contributed by atoms with Gasteiger partial charge in [-0.1, -0.05) is 6.07 Å². The Morgan fingerprint density at radius 1 is 1.25 bits per heavy atom. The number of hydrogen-bond donors (Lipinski definition) is 2. The molecule has 0 radical (unpaired) electrons. The average molecular weight is 404 g/mol. The molecule has 0 atom stereocenters. The summed E-state index contributed by atoms with van der Waals surface area (Å²) >= 11 is 0. The molecule has 1 aliphatic rings. The van der Waals surface area contributed by atoms with Crippen molar-refractivity contribution in [1.29, 1.82) is 0 Å². The number of carbonyl (C=O) groups is 1. The van der Waals surface area contributed by atoms with E-state index in [1.165, 1.54) is 16.4 Å². The van der Waals surface area contributed by atoms with Gasteiger partial charge in [0.15, 0.2) is 0 Å². The zero-order valence-electron chi connectivity index (χ0n) is 16.2. The first kappa shape index (κ1) is 20.2. The smallest absolute Gasteiger partial charge is 0.271 e. The highest BCUT2D eigenvalue weighted by Crippen LogP contribution is 2.18. The lowest BCUT2D eigenvalue weighted by Crippen LogP contribution is -2.40. The number of nitrogens with zero attached hydrogens (tertiary/aromatic N) is 2. The van der Waals surface area contributed by atoms with E-state index in [1.807, 2.05) is 27.0 Å². The third-order valence-electron chi connectivity index (χ3n) is 4.67. The molecule has 0 bridgehead atoms. The molecule has 2 N–H and O–H groups in total. The normalized spacial score (nSPS) is 16.2. The van der Waals surface area contributed by atoms with Crippen molar-refractivity contribution < 1.29 is 17.9 Å². The molecule has 0 unspecified atom stereocenters. The minimum Gasteiger partial charge on any atom is -0.379 e. The quantitative estimate of drug-likeness (QED) is 0.586. The Hall–Kier alpha value is -2.49. The Morgan fingerprint density at radius 3 is 2.61 bits per heavy atom. The van der Waals surface area contributed by atoms with E-state index in [-0.39, 0.29) is 10.5 Å². The maximum atomic E-state index is 12.8. The number of rotatable bonds is 5. The predicted molar refractivity (Wildman–Crippen MR) is 106 cm³/mol. The predicted octanol–water partition coefficient (Wildman–Crippen LogP) is 1.81. The molecular formula is C19H24N4O4S. The molecule has 3 rings (SSSR count). The van der Waals surface area contributed by atoms with Crippen LogP contribution >= 0.6 is 0 Å². The largest absolute Gasteiger partial charge is 0.379 e. The molecule has 1 aliphatic heterocycles. The maximum absolute atomic E-state index is 12.8. The zero-order chi connectivity index (χ0) is 20.3. The third-order valence-corrected chi connectivity index (χ3v) is 6.56. The third kappa shape index (κ3) is 4.16. The van der Waals surface area contributed by atoms with Gasteiger partial charge in [0, 0.05) is 36.1 Å². The first-order chi connectivity index (χ1) is 13.3. The van der Waals surface area contributed by atoms with Gasteiger partial charge in [-0.25, -0.2) is 13.8 Å². The summed E-state index contributed by atoms with van der Waals surface area (Å²) in [7, 11) is -3.66. The number of amides is 1. The van der Waals surface area contributed by atoms with Crippen LogP contribution in [0.2, 0.25) is 0 Å². The van der Waals surface area contributed by atoms with Gasteiger partial charge in [-0.05, 0) is 44.5 Å². The van der Waals surface area contributed by atoms with E-state index in [0.717, 1.165) is 16.8 Å². The van der Waals surface area contributed by atoms with Gasteiger partial charge in [-0.2, -0.15) is 9.41 Å². The molecule has 28 heavy (non-hydrogen) atoms. The van der Waals surface area contributed by atoms with Crippen molar-refractivity contribution in [2.45, 2.75) is 25.7 Å². The molecular weight excluding hydrogens is 380 g/mol. The van der Waals surface area contributed by atoms with Crippen LogP contribution in [0.5, 0.6) is 0 Å². The second-order valence-electron chi connectivity index (χ2n) is 6.65. The van der Waals surface area contributed by atoms with Gasteiger partial charge in [0.1, 0.15) is 0 Å². The SMILES string of the molecule is C/C(=N\NC(=O)c1cccc(S(=O)(=O)N2CCOCC2)c1)c1c(C)c[nH]c1C. The van der Waals surface area contributed by atoms with E-state index in [9.17, 15) is 13.2 Å². The van der Waals surface area contributed by atoms with Crippen LogP contribution in [-0.2, 0) is 14.8 Å². The summed E-state index contributed by atoms with van der Waals surface area (Å²) in [6.45, 7) is 7.04. The molecule has 1 saturated heterocycles. The fourth-order valence-corrected chi connectivity index (χ4v) is 4.66. The minimum absolute atomic E-state index is 0.0834. The van der Waals surface area contributed by atoms with Crippen molar-refractivity contribution in [3.8, 4) is 0 Å². The van der Waals surface area contributed by atoms with Gasteiger partial charge in [0.2, 0.25) is 10.0 Å². The summed E-state index contributed by atoms with van der Waals surface area (Å²) in [5.74, 6) is -0.468. The van der Waals surface area contributed by atoms with Crippen molar-refractivity contribution in [1.82, 2.24) is 14.7 Å². The topological polar surface area (TPSA) is 104 Å². The number of nitrogens with one attached hydrogen (secondary N) is 2. The van der Waals surface area contributed by atoms with Gasteiger partial charge in [0.05, 0.1) is 23.8 Å². The molecule has 1 aromatic carbocycles. The van der Waals surface area contributed by atoms with Crippen LogP contribution in [0.3, 0.4) is 0 Å². The Labute approximate surface area is 164 Å². The minimum atomic E-state index is -3.66. The summed E-state index contributed by atoms with van der Waals surface area (Å²) in [6.07, 6.45) is 1.88. The van der Waals surface area contributed by atoms with Crippen LogP contribution in [0.4, 0.5) is 0 Å². The highest BCUT2D eigenvalue weighted by Gasteiger charge is 2.26. The number of ether oxygens (including phenoxy) is 1. The Balaban J connectivity index is 1.78. The van der Waals surface area contributed by atoms with Crippen LogP contribution in [0.15, 0.2) is 40.5 Å². The molecule has 9 heteroatoms. The Bertz CT molecular complexity index is 985. The highest BCUT2D eigenvalue weighted by atomic mass is 32.2. The lowest BCUT2D eigenvalue weighted by Gasteiger charge is -2.26. The maximum Gasteiger partial charge on any atom is 0.271 e. The molecule has 1 aromatic heterocycles. The Kier molecular flexibility index (Phi) is 5.97. The van der Waals surface area contributed by atoms with E-state index in [1.54, 1.807) is 12.1 Å². The van der Waals surface area contributed by atoms with Gasteiger partial charge in [0.25, 0.3) is 5.91 Å². The number of hydrogen-bond acceptors (Lipinski definition) is 5.